The molecule has 2 aromatic carbocycles. The molecule has 3 aromatic rings. The van der Waals surface area contributed by atoms with E-state index in [1.807, 2.05) is 19.1 Å². The molecule has 11 heteroatoms. The number of anilines is 1. The van der Waals surface area contributed by atoms with Crippen molar-refractivity contribution in [2.45, 2.75) is 26.0 Å². The van der Waals surface area contributed by atoms with Crippen LogP contribution in [0.25, 0.3) is 11.0 Å². The minimum absolute atomic E-state index is 0.135. The highest BCUT2D eigenvalue weighted by Gasteiger charge is 2.37. The van der Waals surface area contributed by atoms with Crippen molar-refractivity contribution in [3.63, 3.8) is 0 Å². The number of rotatable bonds is 9. The highest BCUT2D eigenvalue weighted by atomic mass is 35.5. The molecular formula is C21H24ClN5O5. The van der Waals surface area contributed by atoms with Crippen molar-refractivity contribution < 1.29 is 23.8 Å². The Kier molecular flexibility index (Phi) is 7.08. The van der Waals surface area contributed by atoms with Gasteiger partial charge in [0.15, 0.2) is 0 Å². The predicted molar refractivity (Wildman–Crippen MR) is 120 cm³/mol. The molecule has 1 atom stereocenters. The van der Waals surface area contributed by atoms with Crippen molar-refractivity contribution in [3.05, 3.63) is 58.8 Å². The zero-order valence-corrected chi connectivity index (χ0v) is 18.2. The van der Waals surface area contributed by atoms with Crippen molar-refractivity contribution in [3.8, 4) is 5.75 Å². The first kappa shape index (κ1) is 23.2. The molecule has 32 heavy (non-hydrogen) atoms. The number of ether oxygens (including phenoxy) is 1. The van der Waals surface area contributed by atoms with E-state index in [0.29, 0.717) is 16.3 Å². The molecule has 3 rings (SSSR count). The van der Waals surface area contributed by atoms with Crippen LogP contribution in [0.5, 0.6) is 5.75 Å². The largest absolute Gasteiger partial charge is 0.478 e. The second-order valence-corrected chi connectivity index (χ2v) is 7.70. The number of carbonyl (C=O) groups excluding carboxylic acids is 1. The number of carboxylic acids is 1. The van der Waals surface area contributed by atoms with Gasteiger partial charge in [-0.2, -0.15) is 0 Å². The lowest BCUT2D eigenvalue weighted by molar-refractivity contribution is -0.153. The molecule has 0 saturated carbocycles. The first-order valence-corrected chi connectivity index (χ1v) is 10.0. The lowest BCUT2D eigenvalue weighted by atomic mass is 10.1. The van der Waals surface area contributed by atoms with E-state index in [-0.39, 0.29) is 18.8 Å². The number of halogens is 1. The first-order valence-electron chi connectivity index (χ1n) is 9.66. The van der Waals surface area contributed by atoms with Crippen LogP contribution in [0.1, 0.15) is 18.2 Å². The summed E-state index contributed by atoms with van der Waals surface area (Å²) in [6.07, 6.45) is 0. The van der Waals surface area contributed by atoms with Crippen LogP contribution >= 0.6 is 11.6 Å². The van der Waals surface area contributed by atoms with Gasteiger partial charge in [0.2, 0.25) is 5.60 Å². The Hall–Kier alpha value is -3.47. The summed E-state index contributed by atoms with van der Waals surface area (Å²) in [6, 6.07) is 11.4. The average Bonchev–Trinajstić information content (AvgIpc) is 3.11. The summed E-state index contributed by atoms with van der Waals surface area (Å²) < 4.78 is 11.2. The zero-order valence-electron chi connectivity index (χ0n) is 17.5. The van der Waals surface area contributed by atoms with Crippen LogP contribution in [-0.4, -0.2) is 29.3 Å². The van der Waals surface area contributed by atoms with Gasteiger partial charge in [0.05, 0.1) is 12.2 Å². The molecule has 170 valence electrons. The maximum atomic E-state index is 12.1. The summed E-state index contributed by atoms with van der Waals surface area (Å²) in [5.41, 5.74) is 13.7. The maximum absolute atomic E-state index is 12.1. The maximum Gasteiger partial charge on any atom is 0.349 e. The smallest absolute Gasteiger partial charge is 0.349 e. The van der Waals surface area contributed by atoms with Crippen molar-refractivity contribution >= 4 is 40.3 Å². The van der Waals surface area contributed by atoms with E-state index in [0.717, 1.165) is 16.7 Å². The lowest BCUT2D eigenvalue weighted by Crippen LogP contribution is -2.55. The summed E-state index contributed by atoms with van der Waals surface area (Å²) in [5.74, 6) is -0.241. The van der Waals surface area contributed by atoms with Crippen molar-refractivity contribution in [2.75, 3.05) is 12.0 Å². The van der Waals surface area contributed by atoms with Crippen molar-refractivity contribution in [2.24, 2.45) is 5.73 Å². The van der Waals surface area contributed by atoms with Gasteiger partial charge in [-0.25, -0.2) is 9.59 Å². The van der Waals surface area contributed by atoms with E-state index in [1.54, 1.807) is 24.3 Å². The number of benzene rings is 2. The third kappa shape index (κ3) is 5.61. The molecule has 0 saturated heterocycles. The minimum atomic E-state index is -1.76. The fourth-order valence-electron chi connectivity index (χ4n) is 2.90. The molecule has 7 N–H and O–H groups in total. The van der Waals surface area contributed by atoms with Gasteiger partial charge in [0.1, 0.15) is 17.1 Å². The van der Waals surface area contributed by atoms with Gasteiger partial charge in [-0.1, -0.05) is 17.7 Å². The van der Waals surface area contributed by atoms with Gasteiger partial charge < -0.3 is 30.7 Å². The number of carboxylic acid groups (broad SMARTS) is 1. The minimum Gasteiger partial charge on any atom is -0.478 e. The van der Waals surface area contributed by atoms with Crippen LogP contribution in [0.3, 0.4) is 0 Å². The second-order valence-electron chi connectivity index (χ2n) is 7.26. The van der Waals surface area contributed by atoms with E-state index < -0.39 is 17.6 Å². The normalized spacial score (nSPS) is 12.8. The fraction of sp³-hybridized carbons (Fsp3) is 0.238. The number of hydrazine groups is 2. The Morgan fingerprint density at radius 1 is 1.22 bits per heavy atom. The molecule has 1 unspecified atom stereocenters. The first-order chi connectivity index (χ1) is 15.2. The van der Waals surface area contributed by atoms with Crippen LogP contribution in [-0.2, 0) is 11.3 Å². The summed E-state index contributed by atoms with van der Waals surface area (Å²) in [4.78, 5) is 24.0. The number of nitrogens with one attached hydrogen (secondary N) is 4. The van der Waals surface area contributed by atoms with Gasteiger partial charge in [0.25, 0.3) is 0 Å². The molecule has 0 aliphatic carbocycles. The third-order valence-electron chi connectivity index (χ3n) is 4.65. The molecule has 1 aromatic heterocycles. The average molecular weight is 462 g/mol. The molecule has 0 bridgehead atoms. The molecule has 0 fully saturated rings. The summed E-state index contributed by atoms with van der Waals surface area (Å²) in [6.45, 7) is 3.00. The van der Waals surface area contributed by atoms with Gasteiger partial charge in [-0.05, 0) is 50.2 Å². The number of nitrogens with two attached hydrogens (primary N) is 1. The number of hydrogen-bond donors (Lipinski definition) is 6. The molecule has 1 heterocycles. The van der Waals surface area contributed by atoms with Gasteiger partial charge in [0, 0.05) is 22.5 Å². The number of hydrogen-bond acceptors (Lipinski definition) is 7. The third-order valence-corrected chi connectivity index (χ3v) is 4.88. The van der Waals surface area contributed by atoms with E-state index in [4.69, 9.17) is 26.5 Å². The Morgan fingerprint density at radius 2 is 2.00 bits per heavy atom. The highest BCUT2D eigenvalue weighted by Crippen LogP contribution is 2.27. The summed E-state index contributed by atoms with van der Waals surface area (Å²) in [7, 11) is 0. The number of fused-ring (bicyclic) bond motifs is 1. The number of aliphatic carboxylic acids is 1. The predicted octanol–water partition coefficient (Wildman–Crippen LogP) is 2.91. The quantitative estimate of drug-likeness (QED) is 0.266. The summed E-state index contributed by atoms with van der Waals surface area (Å²) in [5, 5.41) is 13.4. The Morgan fingerprint density at radius 3 is 2.72 bits per heavy atom. The standard InChI is InChI=1S/C21H24ClN5O5/c1-12-7-14-8-16(5-6-17(14)31-12)25-27-26-20(30)24-11-21(2,19(28)29)32-18-9-15(22)4-3-13(18)10-23/h3-9,25,27H,10-11,23H2,1-2H3,(H,28,29)(H2,24,26,30). The van der Waals surface area contributed by atoms with Crippen molar-refractivity contribution in [1.82, 2.24) is 16.3 Å². The monoisotopic (exact) mass is 461 g/mol. The highest BCUT2D eigenvalue weighted by molar-refractivity contribution is 6.30. The van der Waals surface area contributed by atoms with Crippen LogP contribution in [0.4, 0.5) is 10.5 Å². The Balaban J connectivity index is 1.55. The van der Waals surface area contributed by atoms with E-state index in [9.17, 15) is 14.7 Å². The molecule has 0 radical (unpaired) electrons. The Bertz CT molecular complexity index is 1130. The Labute approximate surface area is 189 Å². The molecule has 0 aliphatic heterocycles. The van der Waals surface area contributed by atoms with Crippen LogP contribution in [0, 0.1) is 6.92 Å². The number of urea groups is 1. The van der Waals surface area contributed by atoms with E-state index in [1.165, 1.54) is 13.0 Å². The van der Waals surface area contributed by atoms with Crippen molar-refractivity contribution in [1.29, 1.82) is 0 Å². The number of furan rings is 1. The number of amides is 2. The zero-order chi connectivity index (χ0) is 23.3. The van der Waals surface area contributed by atoms with Crippen LogP contribution in [0.15, 0.2) is 46.9 Å². The van der Waals surface area contributed by atoms with Gasteiger partial charge >= 0.3 is 12.0 Å². The van der Waals surface area contributed by atoms with Crippen LogP contribution in [0.2, 0.25) is 5.02 Å². The van der Waals surface area contributed by atoms with E-state index >= 15 is 0 Å². The molecule has 10 nitrogen and oxygen atoms in total. The lowest BCUT2D eigenvalue weighted by Gasteiger charge is -2.28. The number of aryl methyl sites for hydroxylation is 1. The topological polar surface area (TPSA) is 151 Å². The molecular weight excluding hydrogens is 438 g/mol. The molecule has 0 spiro atoms. The van der Waals surface area contributed by atoms with Gasteiger partial charge in [-0.15, -0.1) is 5.53 Å². The van der Waals surface area contributed by atoms with Crippen LogP contribution < -0.4 is 32.2 Å². The molecule has 2 amide bonds. The SMILES string of the molecule is Cc1cc2cc(NNNC(=O)NCC(C)(Oc3cc(Cl)ccc3CN)C(=O)O)ccc2o1. The summed E-state index contributed by atoms with van der Waals surface area (Å²) >= 11 is 5.98. The molecule has 0 aliphatic rings. The second kappa shape index (κ2) is 9.77. The van der Waals surface area contributed by atoms with E-state index in [2.05, 4.69) is 21.7 Å². The fourth-order valence-corrected chi connectivity index (χ4v) is 3.06. The van der Waals surface area contributed by atoms with Gasteiger partial charge in [-0.3, -0.25) is 5.43 Å². The number of carbonyl (C=O) groups is 2.